The van der Waals surface area contributed by atoms with Crippen molar-refractivity contribution >= 4 is 40.5 Å². The van der Waals surface area contributed by atoms with Gasteiger partial charge >= 0.3 is 12.1 Å². The van der Waals surface area contributed by atoms with E-state index in [1.165, 1.54) is 18.2 Å². The first-order valence-corrected chi connectivity index (χ1v) is 11.9. The molecule has 37 heavy (non-hydrogen) atoms. The molecule has 1 aliphatic rings. The Morgan fingerprint density at radius 1 is 1.22 bits per heavy atom. The molecular formula is C26H26ClN5O5. The lowest BCUT2D eigenvalue weighted by Crippen LogP contribution is -2.60. The van der Waals surface area contributed by atoms with E-state index < -0.39 is 18.2 Å². The van der Waals surface area contributed by atoms with Crippen molar-refractivity contribution in [3.05, 3.63) is 71.5 Å². The summed E-state index contributed by atoms with van der Waals surface area (Å²) in [4.78, 5) is 49.0. The van der Waals surface area contributed by atoms with E-state index in [2.05, 4.69) is 21.3 Å². The molecule has 1 aromatic carbocycles. The van der Waals surface area contributed by atoms with Crippen molar-refractivity contribution in [3.63, 3.8) is 0 Å². The van der Waals surface area contributed by atoms with Crippen LogP contribution in [0.5, 0.6) is 0 Å². The monoisotopic (exact) mass is 523 g/mol. The van der Waals surface area contributed by atoms with Crippen LogP contribution in [-0.4, -0.2) is 77.3 Å². The molecule has 0 spiro atoms. The van der Waals surface area contributed by atoms with Crippen LogP contribution in [0.4, 0.5) is 4.79 Å². The summed E-state index contributed by atoms with van der Waals surface area (Å²) in [6.07, 6.45) is 2.53. The molecule has 3 aromatic rings. The highest BCUT2D eigenvalue weighted by Crippen LogP contribution is 2.29. The van der Waals surface area contributed by atoms with Crippen LogP contribution in [0.15, 0.2) is 55.3 Å². The molecule has 1 aliphatic heterocycles. The van der Waals surface area contributed by atoms with E-state index in [4.69, 9.17) is 22.1 Å². The van der Waals surface area contributed by atoms with Gasteiger partial charge < -0.3 is 20.1 Å². The van der Waals surface area contributed by atoms with Crippen LogP contribution < -0.4 is 5.73 Å². The van der Waals surface area contributed by atoms with E-state index in [-0.39, 0.29) is 31.3 Å². The number of piperazine rings is 1. The number of methoxy groups -OCH3 is 1. The summed E-state index contributed by atoms with van der Waals surface area (Å²) >= 11 is 6.51. The maximum atomic E-state index is 13.3. The lowest BCUT2D eigenvalue weighted by molar-refractivity contribution is 0.0394. The first-order valence-electron chi connectivity index (χ1n) is 11.6. The molecule has 10 nitrogen and oxygen atoms in total. The third-order valence-corrected chi connectivity index (χ3v) is 6.26. The number of pyridine rings is 2. The third kappa shape index (κ3) is 5.71. The molecule has 1 saturated heterocycles. The first kappa shape index (κ1) is 26.1. The highest BCUT2D eigenvalue weighted by Gasteiger charge is 2.31. The van der Waals surface area contributed by atoms with Gasteiger partial charge in [0.15, 0.2) is 0 Å². The number of benzene rings is 1. The molecule has 0 radical (unpaired) electrons. The Morgan fingerprint density at radius 3 is 2.70 bits per heavy atom. The summed E-state index contributed by atoms with van der Waals surface area (Å²) in [5.74, 6) is -0.770. The summed E-state index contributed by atoms with van der Waals surface area (Å²) in [5.41, 5.74) is 8.48. The lowest BCUT2D eigenvalue weighted by atomic mass is 10.1. The van der Waals surface area contributed by atoms with Crippen molar-refractivity contribution in [2.75, 3.05) is 33.4 Å². The number of ether oxygens (including phenoxy) is 2. The number of hydrogen-bond donors (Lipinski definition) is 1. The number of carbonyl (C=O) groups is 3. The van der Waals surface area contributed by atoms with Crippen LogP contribution in [0.3, 0.4) is 0 Å². The van der Waals surface area contributed by atoms with Gasteiger partial charge in [0, 0.05) is 35.8 Å². The molecule has 11 heteroatoms. The second kappa shape index (κ2) is 11.4. The minimum atomic E-state index is -0.686. The Balaban J connectivity index is 1.52. The Kier molecular flexibility index (Phi) is 8.00. The molecule has 192 valence electrons. The molecule has 2 aromatic heterocycles. The van der Waals surface area contributed by atoms with Gasteiger partial charge in [0.2, 0.25) is 0 Å². The molecule has 0 aliphatic carbocycles. The molecule has 4 rings (SSSR count). The molecule has 2 amide bonds. The summed E-state index contributed by atoms with van der Waals surface area (Å²) in [7, 11) is 1.29. The highest BCUT2D eigenvalue weighted by atomic mass is 35.5. The zero-order valence-electron chi connectivity index (χ0n) is 20.2. The van der Waals surface area contributed by atoms with Gasteiger partial charge in [-0.15, -0.1) is 6.58 Å². The predicted octanol–water partition coefficient (Wildman–Crippen LogP) is 3.49. The van der Waals surface area contributed by atoms with Crippen molar-refractivity contribution in [2.24, 2.45) is 5.73 Å². The topological polar surface area (TPSA) is 128 Å². The number of carbonyl (C=O) groups excluding carboxylic acids is 3. The quantitative estimate of drug-likeness (QED) is 0.295. The van der Waals surface area contributed by atoms with Crippen molar-refractivity contribution < 1.29 is 23.9 Å². The zero-order valence-corrected chi connectivity index (χ0v) is 21.0. The summed E-state index contributed by atoms with van der Waals surface area (Å²) in [5, 5.41) is 1.14. The Bertz CT molecular complexity index is 1350. The summed E-state index contributed by atoms with van der Waals surface area (Å²) in [6, 6.07) is 10.0. The Hall–Kier alpha value is -4.02. The average Bonchev–Trinajstić information content (AvgIpc) is 2.91. The number of halogens is 1. The van der Waals surface area contributed by atoms with Crippen molar-refractivity contribution in [2.45, 2.75) is 12.6 Å². The van der Waals surface area contributed by atoms with Gasteiger partial charge in [-0.3, -0.25) is 9.69 Å². The van der Waals surface area contributed by atoms with Crippen molar-refractivity contribution in [1.29, 1.82) is 0 Å². The van der Waals surface area contributed by atoms with Crippen LogP contribution in [0.25, 0.3) is 22.2 Å². The van der Waals surface area contributed by atoms with Gasteiger partial charge in [0.05, 0.1) is 36.5 Å². The number of aromatic nitrogens is 2. The fourth-order valence-electron chi connectivity index (χ4n) is 3.95. The average molecular weight is 524 g/mol. The van der Waals surface area contributed by atoms with Gasteiger partial charge in [0.25, 0.3) is 5.91 Å². The second-order valence-electron chi connectivity index (χ2n) is 8.35. The fourth-order valence-corrected chi connectivity index (χ4v) is 4.22. The molecule has 3 heterocycles. The van der Waals surface area contributed by atoms with Crippen LogP contribution in [0.1, 0.15) is 27.3 Å². The highest BCUT2D eigenvalue weighted by molar-refractivity contribution is 6.35. The van der Waals surface area contributed by atoms with Crippen LogP contribution in [-0.2, 0) is 9.47 Å². The van der Waals surface area contributed by atoms with Crippen LogP contribution in [0, 0.1) is 0 Å². The normalized spacial score (nSPS) is 15.4. The van der Waals surface area contributed by atoms with E-state index in [1.807, 2.05) is 0 Å². The maximum Gasteiger partial charge on any atom is 0.411 e. The third-order valence-electron chi connectivity index (χ3n) is 5.95. The minimum absolute atomic E-state index is 0.167. The second-order valence-corrected chi connectivity index (χ2v) is 8.76. The van der Waals surface area contributed by atoms with E-state index in [1.54, 1.807) is 47.4 Å². The number of hydrogen-bond acceptors (Lipinski definition) is 8. The lowest BCUT2D eigenvalue weighted by Gasteiger charge is -2.38. The van der Waals surface area contributed by atoms with Gasteiger partial charge in [-0.1, -0.05) is 23.7 Å². The SMILES string of the molecule is C=CCCOC(=O)N1CCN(C(=O)c2ccc3c(Cl)cc(-c4ccc(C(=O)OC)nc4)nc3c2)C[C@H]1N. The number of rotatable bonds is 6. The summed E-state index contributed by atoms with van der Waals surface area (Å²) < 4.78 is 9.87. The number of amides is 2. The standard InChI is InChI=1S/C26H26ClN5O5/c1-3-4-11-37-26(35)32-10-9-31(15-23(32)28)24(33)16-5-7-18-19(27)13-21(30-22(18)12-16)17-6-8-20(29-14-17)25(34)36-2/h3,5-8,12-14,23H,1,4,9-11,15,28H2,2H3/t23-/m0/s1. The molecule has 0 unspecified atom stereocenters. The molecular weight excluding hydrogens is 498 g/mol. The number of nitrogens with two attached hydrogens (primary N) is 1. The van der Waals surface area contributed by atoms with Gasteiger partial charge in [-0.25, -0.2) is 19.6 Å². The number of fused-ring (bicyclic) bond motifs is 1. The minimum Gasteiger partial charge on any atom is -0.464 e. The van der Waals surface area contributed by atoms with Crippen LogP contribution >= 0.6 is 11.6 Å². The van der Waals surface area contributed by atoms with Crippen molar-refractivity contribution in [1.82, 2.24) is 19.8 Å². The largest absolute Gasteiger partial charge is 0.464 e. The molecule has 0 bridgehead atoms. The van der Waals surface area contributed by atoms with E-state index in [0.29, 0.717) is 45.7 Å². The zero-order chi connectivity index (χ0) is 26.5. The van der Waals surface area contributed by atoms with Crippen LogP contribution in [0.2, 0.25) is 5.02 Å². The predicted molar refractivity (Wildman–Crippen MR) is 138 cm³/mol. The molecule has 1 atom stereocenters. The first-order chi connectivity index (χ1) is 17.8. The summed E-state index contributed by atoms with van der Waals surface area (Å²) in [6.45, 7) is 4.57. The number of nitrogens with zero attached hydrogens (tertiary/aromatic N) is 4. The van der Waals surface area contributed by atoms with E-state index >= 15 is 0 Å². The Labute approximate surface area is 218 Å². The van der Waals surface area contributed by atoms with E-state index in [0.717, 1.165) is 0 Å². The molecule has 0 saturated carbocycles. The van der Waals surface area contributed by atoms with Gasteiger partial charge in [-0.05, 0) is 36.8 Å². The molecule has 1 fully saturated rings. The van der Waals surface area contributed by atoms with Gasteiger partial charge in [-0.2, -0.15) is 0 Å². The smallest absolute Gasteiger partial charge is 0.411 e. The Morgan fingerprint density at radius 2 is 2.03 bits per heavy atom. The fraction of sp³-hybridized carbons (Fsp3) is 0.269. The maximum absolute atomic E-state index is 13.3. The van der Waals surface area contributed by atoms with E-state index in [9.17, 15) is 14.4 Å². The van der Waals surface area contributed by atoms with Gasteiger partial charge in [0.1, 0.15) is 11.9 Å². The van der Waals surface area contributed by atoms with Crippen molar-refractivity contribution in [3.8, 4) is 11.3 Å². The number of esters is 1. The molecule has 2 N–H and O–H groups in total.